The van der Waals surface area contributed by atoms with E-state index in [0.717, 1.165) is 32.0 Å². The Hall–Kier alpha value is -1.54. The molecule has 0 fully saturated rings. The van der Waals surface area contributed by atoms with Crippen molar-refractivity contribution in [2.75, 3.05) is 19.6 Å². The number of aromatic nitrogens is 1. The lowest BCUT2D eigenvalue weighted by Crippen LogP contribution is -2.38. The van der Waals surface area contributed by atoms with Crippen LogP contribution in [0, 0.1) is 0 Å². The van der Waals surface area contributed by atoms with Gasteiger partial charge in [0.2, 0.25) is 0 Å². The van der Waals surface area contributed by atoms with Gasteiger partial charge in [-0.05, 0) is 36.4 Å². The van der Waals surface area contributed by atoms with Crippen molar-refractivity contribution in [3.8, 4) is 0 Å². The molecule has 1 aromatic carbocycles. The highest BCUT2D eigenvalue weighted by molar-refractivity contribution is 14.0. The molecule has 1 atom stereocenters. The number of aliphatic imine (C=N–C) groups is 1. The number of nitrogens with zero attached hydrogens (tertiary/aromatic N) is 1. The van der Waals surface area contributed by atoms with Crippen molar-refractivity contribution in [3.63, 3.8) is 0 Å². The molecule has 3 rings (SSSR count). The monoisotopic (exact) mass is 482 g/mol. The minimum absolute atomic E-state index is 0. The summed E-state index contributed by atoms with van der Waals surface area (Å²) in [6, 6.07) is 12.7. The smallest absolute Gasteiger partial charge is 0.191 e. The van der Waals surface area contributed by atoms with Crippen molar-refractivity contribution in [1.29, 1.82) is 0 Å². The lowest BCUT2D eigenvalue weighted by Gasteiger charge is -2.13. The Bertz CT molecular complexity index is 810. The Morgan fingerprint density at radius 3 is 2.81 bits per heavy atom. The number of H-pyrrole nitrogens is 1. The summed E-state index contributed by atoms with van der Waals surface area (Å²) in [7, 11) is 0. The first-order valence-corrected chi connectivity index (χ1v) is 9.76. The van der Waals surface area contributed by atoms with Gasteiger partial charge in [-0.3, -0.25) is 4.99 Å². The van der Waals surface area contributed by atoms with E-state index < -0.39 is 0 Å². The quantitative estimate of drug-likeness (QED) is 0.259. The molecule has 0 aliphatic rings. The Morgan fingerprint density at radius 2 is 2.04 bits per heavy atom. The fourth-order valence-electron chi connectivity index (χ4n) is 2.89. The van der Waals surface area contributed by atoms with Gasteiger partial charge in [0.05, 0.1) is 6.54 Å². The topological polar surface area (TPSA) is 52.2 Å². The number of benzene rings is 1. The van der Waals surface area contributed by atoms with E-state index >= 15 is 0 Å². The minimum Gasteiger partial charge on any atom is -0.361 e. The molecule has 6 heteroatoms. The number of para-hydroxylation sites is 1. The predicted molar refractivity (Wildman–Crippen MR) is 124 cm³/mol. The van der Waals surface area contributed by atoms with Crippen LogP contribution in [-0.2, 0) is 6.42 Å². The number of aromatic amines is 1. The maximum absolute atomic E-state index is 4.74. The SMILES string of the molecule is CCNC(=NCC(C)c1cccs1)NCCc1c[nH]c2ccccc12.I. The first-order valence-electron chi connectivity index (χ1n) is 8.88. The van der Waals surface area contributed by atoms with E-state index in [1.807, 2.05) is 0 Å². The van der Waals surface area contributed by atoms with Gasteiger partial charge < -0.3 is 15.6 Å². The van der Waals surface area contributed by atoms with E-state index in [1.165, 1.54) is 21.3 Å². The number of hydrogen-bond donors (Lipinski definition) is 3. The van der Waals surface area contributed by atoms with Gasteiger partial charge in [-0.25, -0.2) is 0 Å². The van der Waals surface area contributed by atoms with Crippen LogP contribution in [0.3, 0.4) is 0 Å². The summed E-state index contributed by atoms with van der Waals surface area (Å²) in [5.74, 6) is 1.34. The van der Waals surface area contributed by atoms with Crippen LogP contribution in [-0.4, -0.2) is 30.6 Å². The number of thiophene rings is 1. The van der Waals surface area contributed by atoms with Crippen LogP contribution in [0.4, 0.5) is 0 Å². The molecule has 0 amide bonds. The lowest BCUT2D eigenvalue weighted by molar-refractivity contribution is 0.755. The third-order valence-corrected chi connectivity index (χ3v) is 5.36. The molecule has 0 aliphatic carbocycles. The van der Waals surface area contributed by atoms with E-state index in [2.05, 4.69) is 77.4 Å². The number of guanidine groups is 1. The molecule has 0 spiro atoms. The highest BCUT2D eigenvalue weighted by Gasteiger charge is 2.07. The van der Waals surface area contributed by atoms with Crippen LogP contribution < -0.4 is 10.6 Å². The summed E-state index contributed by atoms with van der Waals surface area (Å²) in [6.45, 7) is 6.85. The van der Waals surface area contributed by atoms with Crippen LogP contribution in [0.15, 0.2) is 53.0 Å². The van der Waals surface area contributed by atoms with Crippen molar-refractivity contribution in [3.05, 3.63) is 58.4 Å². The van der Waals surface area contributed by atoms with Gasteiger partial charge >= 0.3 is 0 Å². The number of fused-ring (bicyclic) bond motifs is 1. The molecule has 1 unspecified atom stereocenters. The Balaban J connectivity index is 0.00000243. The highest BCUT2D eigenvalue weighted by atomic mass is 127. The molecule has 26 heavy (non-hydrogen) atoms. The van der Waals surface area contributed by atoms with Crippen molar-refractivity contribution in [2.45, 2.75) is 26.2 Å². The molecule has 0 bridgehead atoms. The highest BCUT2D eigenvalue weighted by Crippen LogP contribution is 2.20. The van der Waals surface area contributed by atoms with Gasteiger partial charge in [0.1, 0.15) is 0 Å². The van der Waals surface area contributed by atoms with Crippen LogP contribution in [0.5, 0.6) is 0 Å². The fourth-order valence-corrected chi connectivity index (χ4v) is 3.66. The second-order valence-electron chi connectivity index (χ2n) is 6.17. The number of rotatable bonds is 7. The first kappa shape index (κ1) is 20.8. The van der Waals surface area contributed by atoms with E-state index in [-0.39, 0.29) is 24.0 Å². The molecular formula is C20H27IN4S. The summed E-state index contributed by atoms with van der Waals surface area (Å²) in [5.41, 5.74) is 2.54. The van der Waals surface area contributed by atoms with Crippen LogP contribution in [0.2, 0.25) is 0 Å². The zero-order chi connectivity index (χ0) is 17.5. The summed E-state index contributed by atoms with van der Waals surface area (Å²) < 4.78 is 0. The lowest BCUT2D eigenvalue weighted by atomic mass is 10.1. The molecule has 2 aromatic heterocycles. The van der Waals surface area contributed by atoms with Gasteiger partial charge in [0, 0.05) is 41.0 Å². The molecule has 140 valence electrons. The molecule has 0 saturated carbocycles. The summed E-state index contributed by atoms with van der Waals surface area (Å²) in [6.07, 6.45) is 3.07. The number of halogens is 1. The Labute approximate surface area is 176 Å². The van der Waals surface area contributed by atoms with Crippen molar-refractivity contribution in [1.82, 2.24) is 15.6 Å². The zero-order valence-corrected chi connectivity index (χ0v) is 18.4. The second-order valence-corrected chi connectivity index (χ2v) is 7.15. The van der Waals surface area contributed by atoms with E-state index in [9.17, 15) is 0 Å². The third-order valence-electron chi connectivity index (χ3n) is 4.26. The number of nitrogens with one attached hydrogen (secondary N) is 3. The summed E-state index contributed by atoms with van der Waals surface area (Å²) in [4.78, 5) is 9.47. The average Bonchev–Trinajstić information content (AvgIpc) is 3.30. The maximum Gasteiger partial charge on any atom is 0.191 e. The number of hydrogen-bond acceptors (Lipinski definition) is 2. The molecule has 3 N–H and O–H groups in total. The minimum atomic E-state index is 0. The van der Waals surface area contributed by atoms with Gasteiger partial charge in [0.15, 0.2) is 5.96 Å². The van der Waals surface area contributed by atoms with E-state index in [1.54, 1.807) is 11.3 Å². The van der Waals surface area contributed by atoms with Gasteiger partial charge in [0.25, 0.3) is 0 Å². The standard InChI is InChI=1S/C20H26N4S.HI/c1-3-21-20(24-13-15(2)19-9-6-12-25-19)22-11-10-16-14-23-18-8-5-4-7-17(16)18;/h4-9,12,14-15,23H,3,10-11,13H2,1-2H3,(H2,21,22,24);1H. The van der Waals surface area contributed by atoms with Gasteiger partial charge in [-0.15, -0.1) is 35.3 Å². The molecule has 3 aromatic rings. The average molecular weight is 482 g/mol. The van der Waals surface area contributed by atoms with Crippen molar-refractivity contribution >= 4 is 52.2 Å². The van der Waals surface area contributed by atoms with Crippen molar-refractivity contribution < 1.29 is 0 Å². The fraction of sp³-hybridized carbons (Fsp3) is 0.350. The largest absolute Gasteiger partial charge is 0.361 e. The normalized spacial score (nSPS) is 12.6. The second kappa shape index (κ2) is 10.6. The first-order chi connectivity index (χ1) is 12.3. The van der Waals surface area contributed by atoms with E-state index in [4.69, 9.17) is 4.99 Å². The molecular weight excluding hydrogens is 455 g/mol. The maximum atomic E-state index is 4.74. The Kier molecular flexibility index (Phi) is 8.44. The van der Waals surface area contributed by atoms with Crippen LogP contribution >= 0.6 is 35.3 Å². The predicted octanol–water partition coefficient (Wildman–Crippen LogP) is 4.75. The third kappa shape index (κ3) is 5.48. The molecule has 0 aliphatic heterocycles. The van der Waals surface area contributed by atoms with Crippen LogP contribution in [0.25, 0.3) is 10.9 Å². The molecule has 4 nitrogen and oxygen atoms in total. The van der Waals surface area contributed by atoms with Crippen LogP contribution in [0.1, 0.15) is 30.2 Å². The molecule has 2 heterocycles. The van der Waals surface area contributed by atoms with Crippen molar-refractivity contribution in [2.24, 2.45) is 4.99 Å². The Morgan fingerprint density at radius 1 is 1.19 bits per heavy atom. The van der Waals surface area contributed by atoms with Gasteiger partial charge in [-0.2, -0.15) is 0 Å². The summed E-state index contributed by atoms with van der Waals surface area (Å²) >= 11 is 1.80. The molecule has 0 saturated heterocycles. The van der Waals surface area contributed by atoms with Gasteiger partial charge in [-0.1, -0.05) is 31.2 Å². The zero-order valence-electron chi connectivity index (χ0n) is 15.3. The molecule has 0 radical (unpaired) electrons. The van der Waals surface area contributed by atoms with E-state index in [0.29, 0.717) is 5.92 Å². The summed E-state index contributed by atoms with van der Waals surface area (Å²) in [5, 5.41) is 10.2.